The topological polar surface area (TPSA) is 85.3 Å². The molecule has 0 fully saturated rings. The lowest BCUT2D eigenvalue weighted by molar-refractivity contribution is 0.498. The predicted molar refractivity (Wildman–Crippen MR) is 77.1 cm³/mol. The minimum Gasteiger partial charge on any atom is -0.468 e. The SMILES string of the molecule is NCc1cc(Cl)cc(S(=O)(=O)NCc2ccco2)c1Cl. The van der Waals surface area contributed by atoms with Crippen molar-refractivity contribution >= 4 is 33.2 Å². The average molecular weight is 335 g/mol. The number of nitrogens with two attached hydrogens (primary N) is 1. The molecule has 1 heterocycles. The quantitative estimate of drug-likeness (QED) is 0.879. The Labute approximate surface area is 126 Å². The van der Waals surface area contributed by atoms with Crippen LogP contribution in [0.15, 0.2) is 39.8 Å². The third-order valence-electron chi connectivity index (χ3n) is 2.61. The van der Waals surface area contributed by atoms with Crippen LogP contribution in [-0.4, -0.2) is 8.42 Å². The monoisotopic (exact) mass is 334 g/mol. The van der Waals surface area contributed by atoms with Crippen LogP contribution in [0.3, 0.4) is 0 Å². The molecule has 3 N–H and O–H groups in total. The van der Waals surface area contributed by atoms with Gasteiger partial charge in [0, 0.05) is 11.6 Å². The van der Waals surface area contributed by atoms with Crippen LogP contribution < -0.4 is 10.5 Å². The molecule has 0 saturated carbocycles. The molecule has 5 nitrogen and oxygen atoms in total. The van der Waals surface area contributed by atoms with Gasteiger partial charge in [-0.15, -0.1) is 0 Å². The van der Waals surface area contributed by atoms with Gasteiger partial charge in [0.05, 0.1) is 17.8 Å². The van der Waals surface area contributed by atoms with E-state index in [9.17, 15) is 8.42 Å². The van der Waals surface area contributed by atoms with E-state index >= 15 is 0 Å². The van der Waals surface area contributed by atoms with E-state index in [1.54, 1.807) is 12.1 Å². The van der Waals surface area contributed by atoms with E-state index in [-0.39, 0.29) is 28.0 Å². The van der Waals surface area contributed by atoms with Crippen LogP contribution in [0, 0.1) is 0 Å². The summed E-state index contributed by atoms with van der Waals surface area (Å²) in [6.07, 6.45) is 1.46. The second-order valence-electron chi connectivity index (χ2n) is 3.99. The first kappa shape index (κ1) is 15.3. The summed E-state index contributed by atoms with van der Waals surface area (Å²) >= 11 is 11.9. The number of hydrogen-bond donors (Lipinski definition) is 2. The molecule has 8 heteroatoms. The molecule has 0 aliphatic heterocycles. The maximum Gasteiger partial charge on any atom is 0.242 e. The summed E-state index contributed by atoms with van der Waals surface area (Å²) < 4.78 is 31.9. The summed E-state index contributed by atoms with van der Waals surface area (Å²) in [4.78, 5) is -0.0985. The van der Waals surface area contributed by atoms with Crippen molar-refractivity contribution < 1.29 is 12.8 Å². The molecule has 0 aliphatic rings. The van der Waals surface area contributed by atoms with Crippen LogP contribution in [-0.2, 0) is 23.1 Å². The molecule has 0 saturated heterocycles. The highest BCUT2D eigenvalue weighted by molar-refractivity contribution is 7.89. The standard InChI is InChI=1S/C12H12Cl2N2O3S/c13-9-4-8(6-15)12(14)11(5-9)20(17,18)16-7-10-2-1-3-19-10/h1-5,16H,6-7,15H2. The Balaban J connectivity index is 2.31. The molecular formula is C12H12Cl2N2O3S. The minimum absolute atomic E-state index is 0.0239. The number of hydrogen-bond acceptors (Lipinski definition) is 4. The van der Waals surface area contributed by atoms with Gasteiger partial charge in [-0.1, -0.05) is 23.2 Å². The first-order valence-corrected chi connectivity index (χ1v) is 7.88. The second-order valence-corrected chi connectivity index (χ2v) is 6.53. The van der Waals surface area contributed by atoms with Gasteiger partial charge in [0.15, 0.2) is 0 Å². The van der Waals surface area contributed by atoms with E-state index < -0.39 is 10.0 Å². The van der Waals surface area contributed by atoms with Crippen LogP contribution in [0.5, 0.6) is 0 Å². The van der Waals surface area contributed by atoms with E-state index in [1.807, 2.05) is 0 Å². The molecule has 0 amide bonds. The number of rotatable bonds is 5. The Morgan fingerprint density at radius 3 is 2.65 bits per heavy atom. The Morgan fingerprint density at radius 1 is 1.30 bits per heavy atom. The van der Waals surface area contributed by atoms with Crippen molar-refractivity contribution in [2.45, 2.75) is 18.0 Å². The van der Waals surface area contributed by atoms with Gasteiger partial charge in [0.1, 0.15) is 10.7 Å². The number of sulfonamides is 1. The second kappa shape index (κ2) is 6.15. The Bertz CT molecular complexity index is 700. The third-order valence-corrected chi connectivity index (χ3v) is 4.81. The van der Waals surface area contributed by atoms with Gasteiger partial charge >= 0.3 is 0 Å². The maximum atomic E-state index is 12.2. The number of furan rings is 1. The summed E-state index contributed by atoms with van der Waals surface area (Å²) in [6, 6.07) is 6.15. The zero-order chi connectivity index (χ0) is 14.8. The van der Waals surface area contributed by atoms with Crippen molar-refractivity contribution in [3.05, 3.63) is 51.9 Å². The molecule has 2 rings (SSSR count). The van der Waals surface area contributed by atoms with Crippen molar-refractivity contribution in [1.82, 2.24) is 4.72 Å². The maximum absolute atomic E-state index is 12.2. The van der Waals surface area contributed by atoms with Gasteiger partial charge in [-0.05, 0) is 29.8 Å². The highest BCUT2D eigenvalue weighted by Crippen LogP contribution is 2.29. The van der Waals surface area contributed by atoms with Crippen molar-refractivity contribution in [2.24, 2.45) is 5.73 Å². The van der Waals surface area contributed by atoms with E-state index in [1.165, 1.54) is 18.4 Å². The van der Waals surface area contributed by atoms with Gasteiger partial charge in [-0.2, -0.15) is 0 Å². The molecule has 20 heavy (non-hydrogen) atoms. The van der Waals surface area contributed by atoms with Crippen LogP contribution >= 0.6 is 23.2 Å². The van der Waals surface area contributed by atoms with E-state index in [0.717, 1.165) is 0 Å². The number of benzene rings is 1. The molecule has 2 aromatic rings. The molecule has 0 spiro atoms. The first-order chi connectivity index (χ1) is 9.44. The summed E-state index contributed by atoms with van der Waals surface area (Å²) in [7, 11) is -3.80. The molecule has 0 bridgehead atoms. The molecule has 0 aliphatic carbocycles. The normalized spacial score (nSPS) is 11.8. The lowest BCUT2D eigenvalue weighted by Crippen LogP contribution is -2.23. The van der Waals surface area contributed by atoms with Crippen LogP contribution in [0.25, 0.3) is 0 Å². The Kier molecular flexibility index (Phi) is 4.72. The highest BCUT2D eigenvalue weighted by atomic mass is 35.5. The zero-order valence-electron chi connectivity index (χ0n) is 10.3. The molecule has 1 aromatic carbocycles. The predicted octanol–water partition coefficient (Wildman–Crippen LogP) is 2.52. The number of halogens is 2. The van der Waals surface area contributed by atoms with Gasteiger partial charge in [0.25, 0.3) is 0 Å². The van der Waals surface area contributed by atoms with E-state index in [0.29, 0.717) is 11.3 Å². The van der Waals surface area contributed by atoms with Crippen molar-refractivity contribution in [2.75, 3.05) is 0 Å². The van der Waals surface area contributed by atoms with Crippen LogP contribution in [0.4, 0.5) is 0 Å². The van der Waals surface area contributed by atoms with E-state index in [2.05, 4.69) is 4.72 Å². The minimum atomic E-state index is -3.80. The smallest absolute Gasteiger partial charge is 0.242 e. The van der Waals surface area contributed by atoms with Crippen LogP contribution in [0.1, 0.15) is 11.3 Å². The Morgan fingerprint density at radius 2 is 2.05 bits per heavy atom. The van der Waals surface area contributed by atoms with Gasteiger partial charge < -0.3 is 10.2 Å². The highest BCUT2D eigenvalue weighted by Gasteiger charge is 2.21. The molecule has 0 unspecified atom stereocenters. The molecular weight excluding hydrogens is 323 g/mol. The Hall–Kier alpha value is -1.05. The van der Waals surface area contributed by atoms with Crippen molar-refractivity contribution in [3.63, 3.8) is 0 Å². The largest absolute Gasteiger partial charge is 0.468 e. The van der Waals surface area contributed by atoms with Gasteiger partial charge in [-0.3, -0.25) is 0 Å². The van der Waals surface area contributed by atoms with Crippen molar-refractivity contribution in [3.8, 4) is 0 Å². The summed E-state index contributed by atoms with van der Waals surface area (Å²) in [5.41, 5.74) is 5.98. The zero-order valence-corrected chi connectivity index (χ0v) is 12.6. The lowest BCUT2D eigenvalue weighted by Gasteiger charge is -2.11. The fourth-order valence-electron chi connectivity index (χ4n) is 1.62. The average Bonchev–Trinajstić information content (AvgIpc) is 2.92. The summed E-state index contributed by atoms with van der Waals surface area (Å²) in [5.74, 6) is 0.491. The third kappa shape index (κ3) is 3.34. The van der Waals surface area contributed by atoms with E-state index in [4.69, 9.17) is 33.4 Å². The molecule has 108 valence electrons. The lowest BCUT2D eigenvalue weighted by atomic mass is 10.2. The first-order valence-electron chi connectivity index (χ1n) is 5.64. The summed E-state index contributed by atoms with van der Waals surface area (Å²) in [6.45, 7) is 0.121. The van der Waals surface area contributed by atoms with Gasteiger partial charge in [0.2, 0.25) is 10.0 Å². The molecule has 0 radical (unpaired) electrons. The van der Waals surface area contributed by atoms with Gasteiger partial charge in [-0.25, -0.2) is 13.1 Å². The molecule has 0 atom stereocenters. The molecule has 1 aromatic heterocycles. The number of nitrogens with one attached hydrogen (secondary N) is 1. The fraction of sp³-hybridized carbons (Fsp3) is 0.167. The van der Waals surface area contributed by atoms with Crippen molar-refractivity contribution in [1.29, 1.82) is 0 Å². The fourth-order valence-corrected chi connectivity index (χ4v) is 3.55. The van der Waals surface area contributed by atoms with Crippen LogP contribution in [0.2, 0.25) is 10.0 Å². The summed E-state index contributed by atoms with van der Waals surface area (Å²) in [5, 5.41) is 0.331.